The second-order valence-corrected chi connectivity index (χ2v) is 5.58. The lowest BCUT2D eigenvalue weighted by Gasteiger charge is -2.15. The van der Waals surface area contributed by atoms with E-state index in [1.165, 1.54) is 0 Å². The van der Waals surface area contributed by atoms with E-state index in [9.17, 15) is 0 Å². The van der Waals surface area contributed by atoms with Crippen LogP contribution >= 0.6 is 15.9 Å². The molecule has 100 valence electrons. The Kier molecular flexibility index (Phi) is 4.27. The largest absolute Gasteiger partial charge is 0.330 e. The highest BCUT2D eigenvalue weighted by molar-refractivity contribution is 9.10. The molecule has 5 heteroatoms. The van der Waals surface area contributed by atoms with E-state index in [4.69, 9.17) is 5.73 Å². The van der Waals surface area contributed by atoms with E-state index in [0.717, 1.165) is 27.0 Å². The Morgan fingerprint density at radius 2 is 1.84 bits per heavy atom. The van der Waals surface area contributed by atoms with Gasteiger partial charge in [0.25, 0.3) is 0 Å². The fraction of sp³-hybridized carbons (Fsp3) is 0.357. The van der Waals surface area contributed by atoms with Crippen molar-refractivity contribution in [2.75, 3.05) is 6.54 Å². The third-order valence-electron chi connectivity index (χ3n) is 3.14. The average molecular weight is 321 g/mol. The van der Waals surface area contributed by atoms with Crippen molar-refractivity contribution in [1.82, 2.24) is 15.0 Å². The minimum Gasteiger partial charge on any atom is -0.330 e. The van der Waals surface area contributed by atoms with Crippen molar-refractivity contribution < 1.29 is 0 Å². The summed E-state index contributed by atoms with van der Waals surface area (Å²) in [5.74, 6) is 0.978. The van der Waals surface area contributed by atoms with E-state index in [1.807, 2.05) is 19.9 Å². The highest BCUT2D eigenvalue weighted by Crippen LogP contribution is 2.24. The van der Waals surface area contributed by atoms with Gasteiger partial charge in [0.05, 0.1) is 0 Å². The van der Waals surface area contributed by atoms with Gasteiger partial charge in [0.15, 0.2) is 5.82 Å². The summed E-state index contributed by atoms with van der Waals surface area (Å²) in [5.41, 5.74) is 9.77. The number of aromatic nitrogens is 3. The maximum absolute atomic E-state index is 5.74. The van der Waals surface area contributed by atoms with Crippen LogP contribution in [-0.4, -0.2) is 21.5 Å². The second-order valence-electron chi connectivity index (χ2n) is 4.66. The van der Waals surface area contributed by atoms with Crippen LogP contribution in [0.4, 0.5) is 0 Å². The number of halogens is 1. The molecule has 0 aliphatic carbocycles. The molecule has 1 atom stereocenters. The van der Waals surface area contributed by atoms with Gasteiger partial charge in [0.2, 0.25) is 0 Å². The standard InChI is InChI=1S/C14H17BrN4/c1-8(5-16)13-9(2)18-14(19-10(13)3)11-4-12(15)7-17-6-11/h4,6-8H,5,16H2,1-3H3. The molecule has 0 fully saturated rings. The number of hydrogen-bond donors (Lipinski definition) is 1. The monoisotopic (exact) mass is 320 g/mol. The van der Waals surface area contributed by atoms with E-state index >= 15 is 0 Å². The molecule has 0 bridgehead atoms. The first-order valence-corrected chi connectivity index (χ1v) is 6.98. The van der Waals surface area contributed by atoms with Crippen LogP contribution in [0.3, 0.4) is 0 Å². The molecule has 1 unspecified atom stereocenters. The van der Waals surface area contributed by atoms with Crippen LogP contribution in [0, 0.1) is 13.8 Å². The number of rotatable bonds is 3. The lowest BCUT2D eigenvalue weighted by atomic mass is 9.98. The predicted octanol–water partition coefficient (Wildman–Crippen LogP) is 2.98. The summed E-state index contributed by atoms with van der Waals surface area (Å²) in [6, 6.07) is 1.97. The molecule has 19 heavy (non-hydrogen) atoms. The minimum absolute atomic E-state index is 0.273. The first-order chi connectivity index (χ1) is 9.02. The Morgan fingerprint density at radius 3 is 2.37 bits per heavy atom. The fourth-order valence-corrected chi connectivity index (χ4v) is 2.58. The molecule has 2 rings (SSSR count). The Labute approximate surface area is 121 Å². The molecule has 0 saturated heterocycles. The van der Waals surface area contributed by atoms with E-state index in [1.54, 1.807) is 12.4 Å². The van der Waals surface area contributed by atoms with Gasteiger partial charge in [0.1, 0.15) is 0 Å². The summed E-state index contributed by atoms with van der Waals surface area (Å²) in [5, 5.41) is 0. The second kappa shape index (κ2) is 5.75. The van der Waals surface area contributed by atoms with Crippen molar-refractivity contribution in [3.63, 3.8) is 0 Å². The molecule has 2 heterocycles. The Morgan fingerprint density at radius 1 is 1.21 bits per heavy atom. The third kappa shape index (κ3) is 2.98. The van der Waals surface area contributed by atoms with E-state index in [0.29, 0.717) is 12.4 Å². The first kappa shape index (κ1) is 14.1. The molecule has 2 aromatic heterocycles. The minimum atomic E-state index is 0.273. The fourth-order valence-electron chi connectivity index (χ4n) is 2.22. The van der Waals surface area contributed by atoms with Gasteiger partial charge >= 0.3 is 0 Å². The Balaban J connectivity index is 2.51. The molecule has 0 aliphatic rings. The maximum atomic E-state index is 5.74. The number of hydrogen-bond acceptors (Lipinski definition) is 4. The summed E-state index contributed by atoms with van der Waals surface area (Å²) >= 11 is 3.41. The van der Waals surface area contributed by atoms with Crippen LogP contribution in [0.2, 0.25) is 0 Å². The van der Waals surface area contributed by atoms with Gasteiger partial charge in [-0.15, -0.1) is 0 Å². The molecule has 0 saturated carbocycles. The van der Waals surface area contributed by atoms with Crippen LogP contribution in [-0.2, 0) is 0 Å². The zero-order chi connectivity index (χ0) is 14.0. The Bertz CT molecular complexity index is 575. The van der Waals surface area contributed by atoms with Gasteiger partial charge in [-0.05, 0) is 53.9 Å². The van der Waals surface area contributed by atoms with Crippen molar-refractivity contribution in [3.05, 3.63) is 39.9 Å². The van der Waals surface area contributed by atoms with Crippen molar-refractivity contribution in [2.24, 2.45) is 5.73 Å². The SMILES string of the molecule is Cc1nc(-c2cncc(Br)c2)nc(C)c1C(C)CN. The molecule has 0 amide bonds. The smallest absolute Gasteiger partial charge is 0.161 e. The number of nitrogens with two attached hydrogens (primary N) is 1. The van der Waals surface area contributed by atoms with Gasteiger partial charge in [-0.3, -0.25) is 4.98 Å². The van der Waals surface area contributed by atoms with E-state index < -0.39 is 0 Å². The summed E-state index contributed by atoms with van der Waals surface area (Å²) in [6.07, 6.45) is 3.51. The number of aryl methyl sites for hydroxylation is 2. The van der Waals surface area contributed by atoms with Gasteiger partial charge in [-0.2, -0.15) is 0 Å². The van der Waals surface area contributed by atoms with Gasteiger partial charge in [-0.25, -0.2) is 9.97 Å². The number of nitrogens with zero attached hydrogens (tertiary/aromatic N) is 3. The lowest BCUT2D eigenvalue weighted by molar-refractivity contribution is 0.744. The molecule has 0 radical (unpaired) electrons. The normalized spacial score (nSPS) is 12.5. The average Bonchev–Trinajstić information content (AvgIpc) is 2.37. The molecule has 0 aliphatic heterocycles. The lowest BCUT2D eigenvalue weighted by Crippen LogP contribution is -2.14. The van der Waals surface area contributed by atoms with Gasteiger partial charge < -0.3 is 5.73 Å². The zero-order valence-electron chi connectivity index (χ0n) is 11.3. The highest BCUT2D eigenvalue weighted by Gasteiger charge is 2.14. The topological polar surface area (TPSA) is 64.7 Å². The van der Waals surface area contributed by atoms with Crippen LogP contribution in [0.1, 0.15) is 29.8 Å². The molecule has 2 aromatic rings. The van der Waals surface area contributed by atoms with Crippen molar-refractivity contribution in [2.45, 2.75) is 26.7 Å². The van der Waals surface area contributed by atoms with Crippen LogP contribution in [0.15, 0.2) is 22.9 Å². The highest BCUT2D eigenvalue weighted by atomic mass is 79.9. The van der Waals surface area contributed by atoms with Crippen LogP contribution in [0.5, 0.6) is 0 Å². The van der Waals surface area contributed by atoms with Gasteiger partial charge in [0, 0.05) is 33.8 Å². The van der Waals surface area contributed by atoms with Crippen molar-refractivity contribution in [3.8, 4) is 11.4 Å². The predicted molar refractivity (Wildman–Crippen MR) is 79.9 cm³/mol. The summed E-state index contributed by atoms with van der Waals surface area (Å²) in [6.45, 7) is 6.71. The van der Waals surface area contributed by atoms with Gasteiger partial charge in [-0.1, -0.05) is 6.92 Å². The Hall–Kier alpha value is -1.33. The van der Waals surface area contributed by atoms with E-state index in [-0.39, 0.29) is 5.92 Å². The van der Waals surface area contributed by atoms with Crippen molar-refractivity contribution in [1.29, 1.82) is 0 Å². The number of pyridine rings is 1. The van der Waals surface area contributed by atoms with Crippen molar-refractivity contribution >= 4 is 15.9 Å². The van der Waals surface area contributed by atoms with E-state index in [2.05, 4.69) is 37.8 Å². The quantitative estimate of drug-likeness (QED) is 0.944. The first-order valence-electron chi connectivity index (χ1n) is 6.19. The zero-order valence-corrected chi connectivity index (χ0v) is 12.9. The molecular weight excluding hydrogens is 304 g/mol. The molecular formula is C14H17BrN4. The maximum Gasteiger partial charge on any atom is 0.161 e. The van der Waals surface area contributed by atoms with Crippen LogP contribution in [0.25, 0.3) is 11.4 Å². The third-order valence-corrected chi connectivity index (χ3v) is 3.57. The summed E-state index contributed by atoms with van der Waals surface area (Å²) in [7, 11) is 0. The molecule has 4 nitrogen and oxygen atoms in total. The van der Waals surface area contributed by atoms with Crippen LogP contribution < -0.4 is 5.73 Å². The molecule has 0 spiro atoms. The molecule has 2 N–H and O–H groups in total. The summed E-state index contributed by atoms with van der Waals surface area (Å²) < 4.78 is 0.920. The molecule has 0 aromatic carbocycles. The summed E-state index contributed by atoms with van der Waals surface area (Å²) in [4.78, 5) is 13.3.